The van der Waals surface area contributed by atoms with E-state index in [0.29, 0.717) is 23.7 Å². The van der Waals surface area contributed by atoms with Gasteiger partial charge in [0.15, 0.2) is 9.84 Å². The lowest BCUT2D eigenvalue weighted by atomic mass is 10.2. The van der Waals surface area contributed by atoms with Gasteiger partial charge in [0, 0.05) is 6.54 Å². The average molecular weight is 429 g/mol. The molecule has 0 fully saturated rings. The van der Waals surface area contributed by atoms with E-state index < -0.39 is 21.0 Å². The van der Waals surface area contributed by atoms with E-state index in [4.69, 9.17) is 13.9 Å². The number of ether oxygens (including phenoxy) is 2. The number of methoxy groups -OCH3 is 1. The Morgan fingerprint density at radius 3 is 2.43 bits per heavy atom. The third-order valence-electron chi connectivity index (χ3n) is 4.50. The minimum atomic E-state index is -3.84. The molecule has 1 N–H and O–H groups in total. The largest absolute Gasteiger partial charge is 0.497 e. The molecule has 1 aromatic heterocycles. The van der Waals surface area contributed by atoms with E-state index in [0.717, 1.165) is 0 Å². The van der Waals surface area contributed by atoms with Gasteiger partial charge >= 0.3 is 0 Å². The van der Waals surface area contributed by atoms with Gasteiger partial charge in [-0.2, -0.15) is 0 Å². The predicted molar refractivity (Wildman–Crippen MR) is 112 cm³/mol. The molecule has 3 rings (SSSR count). The van der Waals surface area contributed by atoms with Crippen molar-refractivity contribution >= 4 is 15.7 Å². The van der Waals surface area contributed by atoms with Gasteiger partial charge < -0.3 is 19.2 Å². The van der Waals surface area contributed by atoms with Gasteiger partial charge in [-0.05, 0) is 55.5 Å². The van der Waals surface area contributed by atoms with Gasteiger partial charge in [-0.3, -0.25) is 4.79 Å². The summed E-state index contributed by atoms with van der Waals surface area (Å²) in [6.45, 7) is 2.06. The van der Waals surface area contributed by atoms with Gasteiger partial charge in [0.05, 0.1) is 30.4 Å². The van der Waals surface area contributed by atoms with Gasteiger partial charge in [-0.15, -0.1) is 0 Å². The van der Waals surface area contributed by atoms with Crippen LogP contribution in [0.3, 0.4) is 0 Å². The first-order valence-electron chi connectivity index (χ1n) is 9.38. The lowest BCUT2D eigenvalue weighted by molar-refractivity contribution is 0.0949. The van der Waals surface area contributed by atoms with E-state index in [1.807, 2.05) is 6.92 Å². The fourth-order valence-corrected chi connectivity index (χ4v) is 4.57. The number of furan rings is 1. The van der Waals surface area contributed by atoms with Gasteiger partial charge in [-0.25, -0.2) is 8.42 Å². The van der Waals surface area contributed by atoms with Crippen molar-refractivity contribution in [3.8, 4) is 11.5 Å². The molecular weight excluding hydrogens is 406 g/mol. The van der Waals surface area contributed by atoms with Crippen molar-refractivity contribution < 1.29 is 27.1 Å². The molecule has 1 amide bonds. The van der Waals surface area contributed by atoms with Crippen LogP contribution in [0.25, 0.3) is 0 Å². The van der Waals surface area contributed by atoms with Crippen LogP contribution in [0.15, 0.2) is 76.2 Å². The maximum atomic E-state index is 13.3. The van der Waals surface area contributed by atoms with Crippen LogP contribution in [0.2, 0.25) is 0 Å². The second kappa shape index (κ2) is 9.49. The first-order valence-corrected chi connectivity index (χ1v) is 10.9. The van der Waals surface area contributed by atoms with Gasteiger partial charge in [0.2, 0.25) is 0 Å². The highest BCUT2D eigenvalue weighted by molar-refractivity contribution is 7.91. The fraction of sp³-hybridized carbons (Fsp3) is 0.227. The first-order chi connectivity index (χ1) is 14.5. The molecular formula is C22H23NO6S. The summed E-state index contributed by atoms with van der Waals surface area (Å²) in [6.07, 6.45) is 1.40. The number of sulfone groups is 1. The fourth-order valence-electron chi connectivity index (χ4n) is 2.98. The molecule has 0 spiro atoms. The van der Waals surface area contributed by atoms with Crippen LogP contribution in [-0.4, -0.2) is 34.6 Å². The molecule has 0 unspecified atom stereocenters. The number of amides is 1. The Kier molecular flexibility index (Phi) is 6.79. The molecule has 0 saturated carbocycles. The van der Waals surface area contributed by atoms with Gasteiger partial charge in [-0.1, -0.05) is 12.1 Å². The molecule has 0 saturated heterocycles. The first kappa shape index (κ1) is 21.4. The minimum Gasteiger partial charge on any atom is -0.497 e. The molecule has 30 heavy (non-hydrogen) atoms. The van der Waals surface area contributed by atoms with E-state index in [2.05, 4.69) is 5.32 Å². The molecule has 158 valence electrons. The minimum absolute atomic E-state index is 0.105. The molecule has 3 aromatic rings. The standard InChI is InChI=1S/C22H23NO6S/c1-3-28-19-8-5-4-7-18(19)22(24)23-15-21(20-9-6-14-29-20)30(25,26)17-12-10-16(27-2)11-13-17/h4-14,21H,3,15H2,1-2H3,(H,23,24)/t21-/m0/s1. The van der Waals surface area contributed by atoms with Crippen molar-refractivity contribution in [2.75, 3.05) is 20.3 Å². The molecule has 0 aliphatic rings. The number of hydrogen-bond acceptors (Lipinski definition) is 6. The molecule has 7 nitrogen and oxygen atoms in total. The third kappa shape index (κ3) is 4.65. The third-order valence-corrected chi connectivity index (χ3v) is 6.58. The Balaban J connectivity index is 1.86. The number of hydrogen-bond donors (Lipinski definition) is 1. The lowest BCUT2D eigenvalue weighted by Crippen LogP contribution is -2.32. The summed E-state index contributed by atoms with van der Waals surface area (Å²) in [5, 5.41) is 1.61. The zero-order valence-corrected chi connectivity index (χ0v) is 17.5. The Hall–Kier alpha value is -3.26. The number of carbonyl (C=O) groups is 1. The summed E-state index contributed by atoms with van der Waals surface area (Å²) < 4.78 is 42.5. The van der Waals surface area contributed by atoms with Crippen molar-refractivity contribution in [1.29, 1.82) is 0 Å². The zero-order chi connectivity index (χ0) is 21.6. The van der Waals surface area contributed by atoms with E-state index in [-0.39, 0.29) is 17.2 Å². The van der Waals surface area contributed by atoms with E-state index in [1.54, 1.807) is 48.5 Å². The van der Waals surface area contributed by atoms with Crippen molar-refractivity contribution in [3.05, 3.63) is 78.3 Å². The van der Waals surface area contributed by atoms with Crippen LogP contribution in [-0.2, 0) is 9.84 Å². The quantitative estimate of drug-likeness (QED) is 0.558. The number of benzene rings is 2. The molecule has 1 heterocycles. The second-order valence-corrected chi connectivity index (χ2v) is 8.49. The molecule has 0 aliphatic heterocycles. The van der Waals surface area contributed by atoms with Crippen molar-refractivity contribution in [1.82, 2.24) is 5.32 Å². The summed E-state index contributed by atoms with van der Waals surface area (Å²) in [6, 6.07) is 16.1. The topological polar surface area (TPSA) is 94.8 Å². The molecule has 0 aliphatic carbocycles. The highest BCUT2D eigenvalue weighted by Gasteiger charge is 2.32. The lowest BCUT2D eigenvalue weighted by Gasteiger charge is -2.17. The van der Waals surface area contributed by atoms with Crippen LogP contribution in [0, 0.1) is 0 Å². The number of carbonyl (C=O) groups excluding carboxylic acids is 1. The van der Waals surface area contributed by atoms with Crippen LogP contribution in [0.4, 0.5) is 0 Å². The number of rotatable bonds is 9. The zero-order valence-electron chi connectivity index (χ0n) is 16.7. The van der Waals surface area contributed by atoms with E-state index in [1.165, 1.54) is 25.5 Å². The van der Waals surface area contributed by atoms with Gasteiger partial charge in [0.1, 0.15) is 22.5 Å². The maximum absolute atomic E-state index is 13.3. The summed E-state index contributed by atoms with van der Waals surface area (Å²) in [5.74, 6) is 0.791. The molecule has 1 atom stereocenters. The highest BCUT2D eigenvalue weighted by Crippen LogP contribution is 2.30. The SMILES string of the molecule is CCOc1ccccc1C(=O)NC[C@@H](c1ccco1)S(=O)(=O)c1ccc(OC)cc1. The van der Waals surface area contributed by atoms with Crippen molar-refractivity contribution in [3.63, 3.8) is 0 Å². The predicted octanol–water partition coefficient (Wildman–Crippen LogP) is 3.63. The smallest absolute Gasteiger partial charge is 0.255 e. The Bertz CT molecular complexity index is 1080. The summed E-state index contributed by atoms with van der Waals surface area (Å²) in [4.78, 5) is 12.8. The molecule has 0 radical (unpaired) electrons. The molecule has 8 heteroatoms. The summed E-state index contributed by atoms with van der Waals surface area (Å²) in [7, 11) is -2.34. The van der Waals surface area contributed by atoms with Gasteiger partial charge in [0.25, 0.3) is 5.91 Å². The van der Waals surface area contributed by atoms with Crippen LogP contribution in [0.5, 0.6) is 11.5 Å². The summed E-state index contributed by atoms with van der Waals surface area (Å²) >= 11 is 0. The van der Waals surface area contributed by atoms with Crippen molar-refractivity contribution in [2.45, 2.75) is 17.1 Å². The Morgan fingerprint density at radius 1 is 1.07 bits per heavy atom. The van der Waals surface area contributed by atoms with Crippen LogP contribution in [0.1, 0.15) is 28.3 Å². The molecule has 2 aromatic carbocycles. The number of nitrogens with one attached hydrogen (secondary N) is 1. The molecule has 0 bridgehead atoms. The monoisotopic (exact) mass is 429 g/mol. The van der Waals surface area contributed by atoms with E-state index >= 15 is 0 Å². The maximum Gasteiger partial charge on any atom is 0.255 e. The second-order valence-electron chi connectivity index (χ2n) is 6.36. The van der Waals surface area contributed by atoms with Crippen molar-refractivity contribution in [2.24, 2.45) is 0 Å². The Morgan fingerprint density at radius 2 is 1.80 bits per heavy atom. The Labute approximate surface area is 175 Å². The average Bonchev–Trinajstić information content (AvgIpc) is 3.28. The normalized spacial score (nSPS) is 12.2. The van der Waals surface area contributed by atoms with E-state index in [9.17, 15) is 13.2 Å². The summed E-state index contributed by atoms with van der Waals surface area (Å²) in [5.41, 5.74) is 0.333. The highest BCUT2D eigenvalue weighted by atomic mass is 32.2. The van der Waals surface area contributed by atoms with Crippen LogP contribution >= 0.6 is 0 Å². The number of para-hydroxylation sites is 1. The van der Waals surface area contributed by atoms with Crippen LogP contribution < -0.4 is 14.8 Å².